The second-order valence-electron chi connectivity index (χ2n) is 10.1. The van der Waals surface area contributed by atoms with Gasteiger partial charge in [0.25, 0.3) is 0 Å². The second kappa shape index (κ2) is 11.6. The number of carbonyl (C=O) groups excluding carboxylic acids is 2. The molecule has 8 nitrogen and oxygen atoms in total. The molecule has 1 N–H and O–H groups in total. The summed E-state index contributed by atoms with van der Waals surface area (Å²) in [4.78, 5) is 37.7. The van der Waals surface area contributed by atoms with Crippen LogP contribution in [0, 0.1) is 5.92 Å². The maximum atomic E-state index is 13.3. The van der Waals surface area contributed by atoms with Crippen molar-refractivity contribution >= 4 is 23.5 Å². The Bertz CT molecular complexity index is 1270. The fourth-order valence-corrected chi connectivity index (χ4v) is 3.86. The zero-order chi connectivity index (χ0) is 26.5. The summed E-state index contributed by atoms with van der Waals surface area (Å²) in [6.45, 7) is 9.72. The fourth-order valence-electron chi connectivity index (χ4n) is 3.67. The van der Waals surface area contributed by atoms with E-state index < -0.39 is 17.4 Å². The van der Waals surface area contributed by atoms with Gasteiger partial charge in [-0.1, -0.05) is 49.7 Å². The van der Waals surface area contributed by atoms with Crippen LogP contribution in [0.1, 0.15) is 46.6 Å². The van der Waals surface area contributed by atoms with Gasteiger partial charge in [0.05, 0.1) is 12.2 Å². The van der Waals surface area contributed by atoms with Crippen molar-refractivity contribution in [3.8, 4) is 17.1 Å². The van der Waals surface area contributed by atoms with Gasteiger partial charge in [-0.15, -0.1) is 5.10 Å². The molecule has 0 spiro atoms. The number of nitrogens with one attached hydrogen (secondary N) is 1. The first-order chi connectivity index (χ1) is 16.9. The molecule has 9 heteroatoms. The first-order valence-electron chi connectivity index (χ1n) is 12.0. The van der Waals surface area contributed by atoms with Gasteiger partial charge in [-0.3, -0.25) is 9.36 Å². The van der Waals surface area contributed by atoms with E-state index in [1.165, 1.54) is 9.25 Å². The number of amides is 1. The SMILES string of the molecule is CC(C)CC(=O)Cn1c(-c2cccc(Cl)c2)nn(-c2ccc(CCNC(=O)OC(C)(C)C)cc2)c1=O. The Kier molecular flexibility index (Phi) is 8.74. The molecule has 3 rings (SSSR count). The highest BCUT2D eigenvalue weighted by atomic mass is 35.5. The highest BCUT2D eigenvalue weighted by molar-refractivity contribution is 6.30. The quantitative estimate of drug-likeness (QED) is 0.433. The van der Waals surface area contributed by atoms with E-state index in [1.807, 2.05) is 52.8 Å². The monoisotopic (exact) mass is 512 g/mol. The summed E-state index contributed by atoms with van der Waals surface area (Å²) < 4.78 is 7.93. The molecule has 2 aromatic carbocycles. The summed E-state index contributed by atoms with van der Waals surface area (Å²) in [6, 6.07) is 14.4. The number of benzene rings is 2. The van der Waals surface area contributed by atoms with Crippen LogP contribution in [-0.4, -0.2) is 38.4 Å². The number of halogens is 1. The van der Waals surface area contributed by atoms with Crippen LogP contribution in [0.2, 0.25) is 5.02 Å². The Hall–Kier alpha value is -3.39. The number of hydrogen-bond donors (Lipinski definition) is 1. The summed E-state index contributed by atoms with van der Waals surface area (Å²) in [5.41, 5.74) is 1.25. The first kappa shape index (κ1) is 27.2. The smallest absolute Gasteiger partial charge is 0.407 e. The maximum absolute atomic E-state index is 13.3. The zero-order valence-electron chi connectivity index (χ0n) is 21.4. The summed E-state index contributed by atoms with van der Waals surface area (Å²) in [5, 5.41) is 7.80. The fraction of sp³-hybridized carbons (Fsp3) is 0.407. The van der Waals surface area contributed by atoms with Gasteiger partial charge in [-0.05, 0) is 62.9 Å². The third-order valence-corrected chi connectivity index (χ3v) is 5.41. The van der Waals surface area contributed by atoms with E-state index in [0.717, 1.165) is 5.56 Å². The van der Waals surface area contributed by atoms with Crippen LogP contribution >= 0.6 is 11.6 Å². The molecule has 1 amide bonds. The van der Waals surface area contributed by atoms with E-state index in [-0.39, 0.29) is 18.2 Å². The third-order valence-electron chi connectivity index (χ3n) is 5.18. The van der Waals surface area contributed by atoms with Crippen molar-refractivity contribution in [2.45, 2.75) is 59.6 Å². The Morgan fingerprint density at radius 1 is 1.11 bits per heavy atom. The summed E-state index contributed by atoms with van der Waals surface area (Å²) in [5.74, 6) is 0.531. The molecule has 0 aliphatic carbocycles. The number of ether oxygens (including phenoxy) is 1. The Morgan fingerprint density at radius 3 is 2.42 bits per heavy atom. The van der Waals surface area contributed by atoms with E-state index in [1.54, 1.807) is 30.3 Å². The van der Waals surface area contributed by atoms with E-state index in [0.29, 0.717) is 41.5 Å². The molecule has 0 saturated carbocycles. The van der Waals surface area contributed by atoms with Crippen molar-refractivity contribution < 1.29 is 14.3 Å². The molecule has 0 saturated heterocycles. The predicted molar refractivity (Wildman–Crippen MR) is 141 cm³/mol. The van der Waals surface area contributed by atoms with E-state index >= 15 is 0 Å². The van der Waals surface area contributed by atoms with Crippen LogP contribution in [0.5, 0.6) is 0 Å². The minimum absolute atomic E-state index is 0.0391. The summed E-state index contributed by atoms with van der Waals surface area (Å²) >= 11 is 6.17. The number of rotatable bonds is 9. The molecule has 36 heavy (non-hydrogen) atoms. The highest BCUT2D eigenvalue weighted by Gasteiger charge is 2.20. The van der Waals surface area contributed by atoms with Crippen molar-refractivity contribution in [3.63, 3.8) is 0 Å². The molecule has 0 aliphatic heterocycles. The molecule has 0 atom stereocenters. The Morgan fingerprint density at radius 2 is 1.81 bits per heavy atom. The minimum atomic E-state index is -0.550. The summed E-state index contributed by atoms with van der Waals surface area (Å²) in [7, 11) is 0. The van der Waals surface area contributed by atoms with Crippen molar-refractivity contribution in [1.29, 1.82) is 0 Å². The normalized spacial score (nSPS) is 11.5. The average Bonchev–Trinajstić information content (AvgIpc) is 3.08. The summed E-state index contributed by atoms with van der Waals surface area (Å²) in [6.07, 6.45) is 0.510. The topological polar surface area (TPSA) is 95.2 Å². The number of ketones is 1. The first-order valence-corrected chi connectivity index (χ1v) is 12.3. The predicted octanol–water partition coefficient (Wildman–Crippen LogP) is 5.04. The van der Waals surface area contributed by atoms with E-state index in [9.17, 15) is 14.4 Å². The molecule has 0 fully saturated rings. The Labute approximate surface area is 216 Å². The molecule has 3 aromatic rings. The van der Waals surface area contributed by atoms with Crippen LogP contribution < -0.4 is 11.0 Å². The van der Waals surface area contributed by atoms with Crippen LogP contribution in [0.3, 0.4) is 0 Å². The number of aromatic nitrogens is 3. The minimum Gasteiger partial charge on any atom is -0.444 e. The van der Waals surface area contributed by atoms with Gasteiger partial charge in [0.15, 0.2) is 11.6 Å². The molecular formula is C27H33ClN4O4. The lowest BCUT2D eigenvalue weighted by Crippen LogP contribution is -2.33. The number of alkyl carbamates (subject to hydrolysis) is 1. The third kappa shape index (κ3) is 7.55. The van der Waals surface area contributed by atoms with E-state index in [4.69, 9.17) is 16.3 Å². The molecule has 0 aliphatic rings. The molecule has 1 aromatic heterocycles. The molecule has 1 heterocycles. The van der Waals surface area contributed by atoms with Crippen molar-refractivity contribution in [2.75, 3.05) is 6.54 Å². The standard InChI is InChI=1S/C27H33ClN4O4/c1-18(2)15-23(33)17-31-24(20-7-6-8-21(28)16-20)30-32(26(31)35)22-11-9-19(10-12-22)13-14-29-25(34)36-27(3,4)5/h6-12,16,18H,13-15,17H2,1-5H3,(H,29,34). The van der Waals surface area contributed by atoms with Crippen LogP contribution in [0.25, 0.3) is 17.1 Å². The van der Waals surface area contributed by atoms with E-state index in [2.05, 4.69) is 10.4 Å². The molecule has 0 radical (unpaired) electrons. The number of carbonyl (C=O) groups is 2. The average molecular weight is 513 g/mol. The van der Waals surface area contributed by atoms with Gasteiger partial charge in [-0.25, -0.2) is 9.59 Å². The van der Waals surface area contributed by atoms with Gasteiger partial charge in [0, 0.05) is 23.6 Å². The molecular weight excluding hydrogens is 480 g/mol. The Balaban J connectivity index is 1.82. The van der Waals surface area contributed by atoms with Crippen LogP contribution in [-0.2, 0) is 22.5 Å². The lowest BCUT2D eigenvalue weighted by molar-refractivity contribution is -0.120. The lowest BCUT2D eigenvalue weighted by Gasteiger charge is -2.19. The number of Topliss-reactive ketones (excluding diaryl/α,β-unsaturated/α-hetero) is 1. The van der Waals surface area contributed by atoms with Crippen molar-refractivity contribution in [2.24, 2.45) is 5.92 Å². The number of nitrogens with zero attached hydrogens (tertiary/aromatic N) is 3. The van der Waals surface area contributed by atoms with Gasteiger partial charge in [0.1, 0.15) is 5.60 Å². The van der Waals surface area contributed by atoms with Gasteiger partial charge in [0.2, 0.25) is 0 Å². The van der Waals surface area contributed by atoms with Crippen LogP contribution in [0.4, 0.5) is 4.79 Å². The largest absolute Gasteiger partial charge is 0.444 e. The molecule has 0 bridgehead atoms. The van der Waals surface area contributed by atoms with Gasteiger partial charge < -0.3 is 10.1 Å². The zero-order valence-corrected chi connectivity index (χ0v) is 22.1. The van der Waals surface area contributed by atoms with Crippen LogP contribution in [0.15, 0.2) is 53.3 Å². The van der Waals surface area contributed by atoms with Crippen molar-refractivity contribution in [3.05, 3.63) is 69.6 Å². The van der Waals surface area contributed by atoms with Gasteiger partial charge in [-0.2, -0.15) is 4.68 Å². The highest BCUT2D eigenvalue weighted by Crippen LogP contribution is 2.21. The maximum Gasteiger partial charge on any atom is 0.407 e. The lowest BCUT2D eigenvalue weighted by atomic mass is 10.1. The van der Waals surface area contributed by atoms with Crippen molar-refractivity contribution in [1.82, 2.24) is 19.7 Å². The second-order valence-corrected chi connectivity index (χ2v) is 10.5. The molecule has 192 valence electrons. The van der Waals surface area contributed by atoms with Gasteiger partial charge >= 0.3 is 11.8 Å². The molecule has 0 unspecified atom stereocenters. The number of hydrogen-bond acceptors (Lipinski definition) is 5.